The minimum absolute atomic E-state index is 0.273. The number of hydrogen-bond donors (Lipinski definition) is 5. The van der Waals surface area contributed by atoms with Crippen LogP contribution < -0.4 is 27.0 Å². The van der Waals surface area contributed by atoms with Gasteiger partial charge in [-0.3, -0.25) is 19.2 Å². The van der Waals surface area contributed by atoms with Crippen LogP contribution in [0.5, 0.6) is 0 Å². The van der Waals surface area contributed by atoms with E-state index in [9.17, 15) is 24.0 Å². The molecule has 1 fully saturated rings. The molecule has 1 heterocycles. The van der Waals surface area contributed by atoms with Crippen LogP contribution in [0.4, 0.5) is 0 Å². The summed E-state index contributed by atoms with van der Waals surface area (Å²) in [4.78, 5) is 67.5. The maximum absolute atomic E-state index is 13.9. The number of amides is 4. The Morgan fingerprint density at radius 1 is 0.870 bits per heavy atom. The van der Waals surface area contributed by atoms with Crippen molar-refractivity contribution < 1.29 is 24.0 Å². The summed E-state index contributed by atoms with van der Waals surface area (Å²) < 4.78 is 0. The second kappa shape index (κ2) is 18.8. The molecule has 0 aliphatic carbocycles. The predicted molar refractivity (Wildman–Crippen MR) is 177 cm³/mol. The Morgan fingerprint density at radius 3 is 2.07 bits per heavy atom. The maximum atomic E-state index is 13.9. The first kappa shape index (κ1) is 36.4. The summed E-state index contributed by atoms with van der Waals surface area (Å²) >= 11 is 0. The molecule has 0 unspecified atom stereocenters. The normalized spacial score (nSPS) is 17.1. The summed E-state index contributed by atoms with van der Waals surface area (Å²) in [6, 6.07) is 15.2. The lowest BCUT2D eigenvalue weighted by molar-refractivity contribution is -0.142. The zero-order chi connectivity index (χ0) is 33.5. The van der Waals surface area contributed by atoms with Gasteiger partial charge in [0.1, 0.15) is 24.4 Å². The monoisotopic (exact) mass is 634 g/mol. The standard InChI is InChI=1S/C35H50N6O5/c1-24(2)31(34(45)38-27(23-42)21-25-13-6-4-7-14-25)40-33(44)30-18-12-20-41(30)35(46)28(17-10-11-19-36)39-32(43)29(37-3)22-26-15-8-5-9-16-26/h4-9,13-16,23-24,27-31,37H,10-12,17-22,36H2,1-3H3,(H,38,45)(H,39,43)(H,40,44)/t27-,28-,29-,30-,31-/m0/s1. The SMILES string of the molecule is CN[C@@H](Cc1ccccc1)C(=O)N[C@@H](CCCCN)C(=O)N1CCC[C@H]1C(=O)N[C@H](C(=O)N[C@H](C=O)Cc1ccccc1)C(C)C. The van der Waals surface area contributed by atoms with Crippen molar-refractivity contribution in [2.24, 2.45) is 11.7 Å². The number of nitrogens with two attached hydrogens (primary N) is 1. The summed E-state index contributed by atoms with van der Waals surface area (Å²) in [5.41, 5.74) is 7.60. The van der Waals surface area contributed by atoms with E-state index in [0.717, 1.165) is 11.1 Å². The van der Waals surface area contributed by atoms with Gasteiger partial charge in [0.25, 0.3) is 0 Å². The molecule has 0 aromatic heterocycles. The molecule has 3 rings (SSSR count). The number of unbranched alkanes of at least 4 members (excludes halogenated alkanes) is 1. The maximum Gasteiger partial charge on any atom is 0.245 e. The molecule has 0 bridgehead atoms. The molecule has 0 spiro atoms. The van der Waals surface area contributed by atoms with Gasteiger partial charge < -0.3 is 36.7 Å². The fraction of sp³-hybridized carbons (Fsp3) is 0.514. The minimum atomic E-state index is -0.905. The van der Waals surface area contributed by atoms with Crippen LogP contribution in [0.25, 0.3) is 0 Å². The lowest BCUT2D eigenvalue weighted by atomic mass is 10.0. The van der Waals surface area contributed by atoms with Crippen molar-refractivity contribution in [3.63, 3.8) is 0 Å². The number of nitrogens with one attached hydrogen (secondary N) is 4. The fourth-order valence-corrected chi connectivity index (χ4v) is 5.76. The lowest BCUT2D eigenvalue weighted by Crippen LogP contribution is -2.59. The highest BCUT2D eigenvalue weighted by Gasteiger charge is 2.39. The second-order valence-corrected chi connectivity index (χ2v) is 12.2. The average Bonchev–Trinajstić information content (AvgIpc) is 3.56. The third kappa shape index (κ3) is 10.8. The second-order valence-electron chi connectivity index (χ2n) is 12.2. The van der Waals surface area contributed by atoms with Crippen molar-refractivity contribution in [2.45, 2.75) is 89.0 Å². The zero-order valence-corrected chi connectivity index (χ0v) is 27.2. The van der Waals surface area contributed by atoms with Gasteiger partial charge in [0.2, 0.25) is 23.6 Å². The van der Waals surface area contributed by atoms with Crippen LogP contribution in [0, 0.1) is 5.92 Å². The van der Waals surface area contributed by atoms with Gasteiger partial charge in [-0.1, -0.05) is 74.5 Å². The Labute approximate surface area is 272 Å². The number of nitrogens with zero attached hydrogens (tertiary/aromatic N) is 1. The number of likely N-dealkylation sites (tertiary alicyclic amines) is 1. The molecule has 6 N–H and O–H groups in total. The largest absolute Gasteiger partial charge is 0.344 e. The van der Waals surface area contributed by atoms with Crippen molar-refractivity contribution in [1.29, 1.82) is 0 Å². The van der Waals surface area contributed by atoms with Crippen LogP contribution in [-0.4, -0.2) is 85.2 Å². The van der Waals surface area contributed by atoms with Crippen LogP contribution in [0.3, 0.4) is 0 Å². The first-order valence-corrected chi connectivity index (χ1v) is 16.3. The van der Waals surface area contributed by atoms with Gasteiger partial charge in [-0.2, -0.15) is 0 Å². The summed E-state index contributed by atoms with van der Waals surface area (Å²) in [7, 11) is 1.71. The summed E-state index contributed by atoms with van der Waals surface area (Å²) in [5, 5.41) is 11.6. The first-order chi connectivity index (χ1) is 22.2. The Hall–Kier alpha value is -4.09. The van der Waals surface area contributed by atoms with Crippen molar-refractivity contribution in [3.8, 4) is 0 Å². The number of aldehydes is 1. The molecular formula is C35H50N6O5. The Kier molecular flexibility index (Phi) is 14.8. The number of hydrogen-bond acceptors (Lipinski definition) is 7. The van der Waals surface area contributed by atoms with Crippen LogP contribution in [0.1, 0.15) is 57.1 Å². The number of carbonyl (C=O) groups excluding carboxylic acids is 5. The molecule has 4 amide bonds. The zero-order valence-electron chi connectivity index (χ0n) is 27.2. The van der Waals surface area contributed by atoms with E-state index < -0.39 is 42.0 Å². The number of rotatable bonds is 18. The molecule has 46 heavy (non-hydrogen) atoms. The van der Waals surface area contributed by atoms with Gasteiger partial charge in [-0.25, -0.2) is 0 Å². The molecule has 0 saturated carbocycles. The summed E-state index contributed by atoms with van der Waals surface area (Å²) in [6.45, 7) is 4.45. The molecule has 250 valence electrons. The number of carbonyl (C=O) groups is 5. The quantitative estimate of drug-likeness (QED) is 0.123. The highest BCUT2D eigenvalue weighted by atomic mass is 16.2. The molecule has 1 aliphatic heterocycles. The van der Waals surface area contributed by atoms with Crippen molar-refractivity contribution >= 4 is 29.9 Å². The van der Waals surface area contributed by atoms with Crippen molar-refractivity contribution in [3.05, 3.63) is 71.8 Å². The van der Waals surface area contributed by atoms with Gasteiger partial charge in [0.15, 0.2) is 0 Å². The van der Waals surface area contributed by atoms with E-state index in [1.165, 1.54) is 4.90 Å². The van der Waals surface area contributed by atoms with E-state index in [0.29, 0.717) is 64.3 Å². The number of likely N-dealkylation sites (N-methyl/N-ethyl adjacent to an activating group) is 1. The molecule has 2 aromatic rings. The highest BCUT2D eigenvalue weighted by molar-refractivity contribution is 5.95. The summed E-state index contributed by atoms with van der Waals surface area (Å²) in [6.07, 6.45) is 4.25. The minimum Gasteiger partial charge on any atom is -0.344 e. The van der Waals surface area contributed by atoms with E-state index in [4.69, 9.17) is 5.73 Å². The van der Waals surface area contributed by atoms with E-state index >= 15 is 0 Å². The fourth-order valence-electron chi connectivity index (χ4n) is 5.76. The van der Waals surface area contributed by atoms with E-state index in [1.54, 1.807) is 7.05 Å². The highest BCUT2D eigenvalue weighted by Crippen LogP contribution is 2.21. The van der Waals surface area contributed by atoms with Crippen LogP contribution in [-0.2, 0) is 36.8 Å². The number of benzene rings is 2. The van der Waals surface area contributed by atoms with Crippen LogP contribution in [0.2, 0.25) is 0 Å². The summed E-state index contributed by atoms with van der Waals surface area (Å²) in [5.74, 6) is -1.79. The van der Waals surface area contributed by atoms with Gasteiger partial charge in [-0.15, -0.1) is 0 Å². The molecule has 1 saturated heterocycles. The van der Waals surface area contributed by atoms with E-state index in [2.05, 4.69) is 21.3 Å². The third-order valence-electron chi connectivity index (χ3n) is 8.38. The van der Waals surface area contributed by atoms with Crippen LogP contribution >= 0.6 is 0 Å². The molecule has 0 radical (unpaired) electrons. The van der Waals surface area contributed by atoms with Gasteiger partial charge in [0.05, 0.1) is 12.1 Å². The van der Waals surface area contributed by atoms with Gasteiger partial charge in [-0.05, 0) is 75.6 Å². The molecule has 2 aromatic carbocycles. The lowest BCUT2D eigenvalue weighted by Gasteiger charge is -2.31. The first-order valence-electron chi connectivity index (χ1n) is 16.3. The molecular weight excluding hydrogens is 584 g/mol. The smallest absolute Gasteiger partial charge is 0.245 e. The molecule has 5 atom stereocenters. The predicted octanol–water partition coefficient (Wildman–Crippen LogP) is 1.49. The molecule has 1 aliphatic rings. The Bertz CT molecular complexity index is 1270. The van der Waals surface area contributed by atoms with Crippen molar-refractivity contribution in [2.75, 3.05) is 20.1 Å². The molecule has 11 heteroatoms. The third-order valence-corrected chi connectivity index (χ3v) is 8.38. The Morgan fingerprint density at radius 2 is 1.50 bits per heavy atom. The molecule has 11 nitrogen and oxygen atoms in total. The van der Waals surface area contributed by atoms with E-state index in [1.807, 2.05) is 74.5 Å². The van der Waals surface area contributed by atoms with Gasteiger partial charge >= 0.3 is 0 Å². The van der Waals surface area contributed by atoms with Gasteiger partial charge in [0, 0.05) is 6.54 Å². The van der Waals surface area contributed by atoms with Crippen molar-refractivity contribution in [1.82, 2.24) is 26.2 Å². The Balaban J connectivity index is 1.69. The topological polar surface area (TPSA) is 163 Å². The van der Waals surface area contributed by atoms with E-state index in [-0.39, 0.29) is 17.7 Å². The van der Waals surface area contributed by atoms with Crippen LogP contribution in [0.15, 0.2) is 60.7 Å². The average molecular weight is 635 g/mol.